The Hall–Kier alpha value is -2.77. The third-order valence-corrected chi connectivity index (χ3v) is 7.54. The second-order valence-corrected chi connectivity index (χ2v) is 10.1. The van der Waals surface area contributed by atoms with E-state index in [0.29, 0.717) is 11.4 Å². The molecule has 1 fully saturated rings. The summed E-state index contributed by atoms with van der Waals surface area (Å²) in [6.07, 6.45) is 0. The second kappa shape index (κ2) is 8.16. The van der Waals surface area contributed by atoms with Gasteiger partial charge in [-0.15, -0.1) is 11.8 Å². The highest BCUT2D eigenvalue weighted by Gasteiger charge is 2.34. The van der Waals surface area contributed by atoms with E-state index in [-0.39, 0.29) is 16.2 Å². The Balaban J connectivity index is 1.55. The minimum Gasteiger partial charge on any atom is -0.295 e. The molecule has 3 aromatic rings. The van der Waals surface area contributed by atoms with Gasteiger partial charge in [-0.25, -0.2) is 8.42 Å². The Labute approximate surface area is 181 Å². The van der Waals surface area contributed by atoms with Crippen LogP contribution in [0.15, 0.2) is 77.7 Å². The lowest BCUT2D eigenvalue weighted by Crippen LogP contribution is -2.27. The molecule has 30 heavy (non-hydrogen) atoms. The highest BCUT2D eigenvalue weighted by molar-refractivity contribution is 8.00. The first-order valence-corrected chi connectivity index (χ1v) is 12.1. The van der Waals surface area contributed by atoms with E-state index < -0.39 is 10.0 Å². The lowest BCUT2D eigenvalue weighted by atomic mass is 10.1. The third kappa shape index (κ3) is 4.22. The number of thioether (sulfide) groups is 1. The number of carbonyl (C=O) groups excluding carboxylic acids is 1. The first-order valence-electron chi connectivity index (χ1n) is 9.53. The number of hydrogen-bond acceptors (Lipinski definition) is 4. The molecule has 0 radical (unpaired) electrons. The fraction of sp³-hybridized carbons (Fsp3) is 0.174. The van der Waals surface area contributed by atoms with Crippen molar-refractivity contribution in [1.82, 2.24) is 0 Å². The molecule has 0 aliphatic carbocycles. The van der Waals surface area contributed by atoms with Crippen molar-refractivity contribution >= 4 is 39.1 Å². The smallest absolute Gasteiger partial charge is 0.261 e. The largest absolute Gasteiger partial charge is 0.295 e. The number of benzene rings is 3. The Morgan fingerprint density at radius 3 is 2.30 bits per heavy atom. The predicted octanol–water partition coefficient (Wildman–Crippen LogP) is 4.88. The summed E-state index contributed by atoms with van der Waals surface area (Å²) >= 11 is 1.57. The van der Waals surface area contributed by atoms with Crippen LogP contribution in [0.2, 0.25) is 0 Å². The third-order valence-electron chi connectivity index (χ3n) is 4.93. The highest BCUT2D eigenvalue weighted by Crippen LogP contribution is 2.42. The zero-order valence-electron chi connectivity index (χ0n) is 16.7. The van der Waals surface area contributed by atoms with E-state index in [1.807, 2.05) is 55.1 Å². The zero-order chi connectivity index (χ0) is 21.3. The number of amides is 1. The van der Waals surface area contributed by atoms with Gasteiger partial charge in [0.15, 0.2) is 0 Å². The van der Waals surface area contributed by atoms with E-state index in [1.165, 1.54) is 0 Å². The predicted molar refractivity (Wildman–Crippen MR) is 122 cm³/mol. The number of nitrogens with one attached hydrogen (secondary N) is 1. The number of sulfonamides is 1. The van der Waals surface area contributed by atoms with Crippen LogP contribution in [0.3, 0.4) is 0 Å². The summed E-state index contributed by atoms with van der Waals surface area (Å²) < 4.78 is 27.8. The van der Waals surface area contributed by atoms with Gasteiger partial charge < -0.3 is 0 Å². The summed E-state index contributed by atoms with van der Waals surface area (Å²) in [5, 5.41) is -0.137. The number of carbonyl (C=O) groups is 1. The topological polar surface area (TPSA) is 66.5 Å². The molecule has 1 aliphatic rings. The van der Waals surface area contributed by atoms with Crippen molar-refractivity contribution in [2.24, 2.45) is 0 Å². The van der Waals surface area contributed by atoms with Gasteiger partial charge in [-0.2, -0.15) is 0 Å². The van der Waals surface area contributed by atoms with E-state index in [0.717, 1.165) is 22.4 Å². The molecular weight excluding hydrogens is 416 g/mol. The monoisotopic (exact) mass is 438 g/mol. The van der Waals surface area contributed by atoms with Crippen LogP contribution in [-0.2, 0) is 14.8 Å². The highest BCUT2D eigenvalue weighted by atomic mass is 32.2. The van der Waals surface area contributed by atoms with Gasteiger partial charge in [0, 0.05) is 11.4 Å². The van der Waals surface area contributed by atoms with Crippen LogP contribution in [0.5, 0.6) is 0 Å². The van der Waals surface area contributed by atoms with Crippen LogP contribution in [0, 0.1) is 13.8 Å². The Kier molecular flexibility index (Phi) is 5.58. The van der Waals surface area contributed by atoms with Crippen molar-refractivity contribution in [2.45, 2.75) is 24.1 Å². The molecule has 154 valence electrons. The molecule has 4 rings (SSSR count). The Bertz CT molecular complexity index is 1170. The van der Waals surface area contributed by atoms with E-state index in [9.17, 15) is 13.2 Å². The van der Waals surface area contributed by atoms with Crippen molar-refractivity contribution in [3.63, 3.8) is 0 Å². The van der Waals surface area contributed by atoms with Crippen molar-refractivity contribution in [3.8, 4) is 0 Å². The Morgan fingerprint density at radius 2 is 1.63 bits per heavy atom. The van der Waals surface area contributed by atoms with E-state index in [4.69, 9.17) is 0 Å². The molecule has 1 atom stereocenters. The van der Waals surface area contributed by atoms with Crippen LogP contribution in [0.4, 0.5) is 11.4 Å². The van der Waals surface area contributed by atoms with Crippen molar-refractivity contribution in [1.29, 1.82) is 0 Å². The van der Waals surface area contributed by atoms with Gasteiger partial charge in [0.25, 0.3) is 10.0 Å². The maximum absolute atomic E-state index is 12.6. The van der Waals surface area contributed by atoms with Crippen molar-refractivity contribution in [3.05, 3.63) is 89.5 Å². The average Bonchev–Trinajstić information content (AvgIpc) is 3.10. The molecule has 1 N–H and O–H groups in total. The second-order valence-electron chi connectivity index (χ2n) is 7.31. The van der Waals surface area contributed by atoms with Crippen LogP contribution in [-0.4, -0.2) is 20.1 Å². The molecule has 1 saturated heterocycles. The van der Waals surface area contributed by atoms with Gasteiger partial charge in [-0.1, -0.05) is 42.0 Å². The first-order chi connectivity index (χ1) is 14.3. The summed E-state index contributed by atoms with van der Waals surface area (Å²) in [6.45, 7) is 3.91. The van der Waals surface area contributed by atoms with Crippen LogP contribution < -0.4 is 9.62 Å². The average molecular weight is 439 g/mol. The normalized spacial score (nSPS) is 16.7. The molecule has 0 aromatic heterocycles. The molecule has 1 unspecified atom stereocenters. The standard InChI is InChI=1S/C23H22N2O3S2/c1-16-6-12-21(13-7-16)30(27,28)24-19-10-8-18(9-11-19)23-25(22(26)15-29-23)20-5-3-4-17(2)14-20/h3-14,23-24H,15H2,1-2H3. The number of anilines is 2. The van der Waals surface area contributed by atoms with Crippen molar-refractivity contribution in [2.75, 3.05) is 15.4 Å². The molecule has 1 heterocycles. The van der Waals surface area contributed by atoms with Crippen LogP contribution >= 0.6 is 11.8 Å². The van der Waals surface area contributed by atoms with Gasteiger partial charge >= 0.3 is 0 Å². The molecule has 3 aromatic carbocycles. The van der Waals surface area contributed by atoms with Gasteiger partial charge in [-0.3, -0.25) is 14.4 Å². The minimum absolute atomic E-state index is 0.0692. The summed E-state index contributed by atoms with van der Waals surface area (Å²) in [4.78, 5) is 14.5. The zero-order valence-corrected chi connectivity index (χ0v) is 18.3. The van der Waals surface area contributed by atoms with Crippen LogP contribution in [0.1, 0.15) is 22.1 Å². The van der Waals surface area contributed by atoms with Crippen LogP contribution in [0.25, 0.3) is 0 Å². The fourth-order valence-corrected chi connectivity index (χ4v) is 5.61. The summed E-state index contributed by atoms with van der Waals surface area (Å²) in [6, 6.07) is 21.8. The van der Waals surface area contributed by atoms with Crippen molar-refractivity contribution < 1.29 is 13.2 Å². The van der Waals surface area contributed by atoms with Gasteiger partial charge in [0.05, 0.1) is 10.6 Å². The molecule has 1 amide bonds. The molecule has 5 nitrogen and oxygen atoms in total. The maximum atomic E-state index is 12.6. The number of nitrogens with zero attached hydrogens (tertiary/aromatic N) is 1. The van der Waals surface area contributed by atoms with Gasteiger partial charge in [0.2, 0.25) is 5.91 Å². The number of aryl methyl sites for hydroxylation is 2. The minimum atomic E-state index is -3.65. The van der Waals surface area contributed by atoms with Gasteiger partial charge in [-0.05, 0) is 61.4 Å². The molecular formula is C23H22N2O3S2. The quantitative estimate of drug-likeness (QED) is 0.616. The van der Waals surface area contributed by atoms with Gasteiger partial charge in [0.1, 0.15) is 5.37 Å². The fourth-order valence-electron chi connectivity index (χ4n) is 3.37. The maximum Gasteiger partial charge on any atom is 0.261 e. The SMILES string of the molecule is Cc1ccc(S(=O)(=O)Nc2ccc(C3SCC(=O)N3c3cccc(C)c3)cc2)cc1. The lowest BCUT2D eigenvalue weighted by Gasteiger charge is -2.25. The molecule has 0 spiro atoms. The summed E-state index contributed by atoms with van der Waals surface area (Å²) in [5.74, 6) is 0.486. The number of hydrogen-bond donors (Lipinski definition) is 1. The molecule has 1 aliphatic heterocycles. The van der Waals surface area contributed by atoms with E-state index in [1.54, 1.807) is 48.2 Å². The summed E-state index contributed by atoms with van der Waals surface area (Å²) in [7, 11) is -3.65. The van der Waals surface area contributed by atoms with E-state index in [2.05, 4.69) is 4.72 Å². The lowest BCUT2D eigenvalue weighted by molar-refractivity contribution is -0.115. The summed E-state index contributed by atoms with van der Waals surface area (Å²) in [5.41, 5.74) is 4.40. The Morgan fingerprint density at radius 1 is 0.933 bits per heavy atom. The molecule has 0 bridgehead atoms. The molecule has 7 heteroatoms. The molecule has 0 saturated carbocycles. The number of rotatable bonds is 5. The van der Waals surface area contributed by atoms with E-state index >= 15 is 0 Å². The first kappa shape index (κ1) is 20.5.